The molecule has 0 fully saturated rings. The van der Waals surface area contributed by atoms with Crippen molar-refractivity contribution < 1.29 is 19.3 Å². The van der Waals surface area contributed by atoms with E-state index in [-0.39, 0.29) is 18.3 Å². The van der Waals surface area contributed by atoms with Crippen LogP contribution in [0.15, 0.2) is 12.1 Å². The first-order valence-electron chi connectivity index (χ1n) is 6.19. The molecule has 0 bridgehead atoms. The quantitative estimate of drug-likeness (QED) is 0.842. The molecule has 0 saturated carbocycles. The summed E-state index contributed by atoms with van der Waals surface area (Å²) in [6.07, 6.45) is -0.660. The van der Waals surface area contributed by atoms with E-state index in [9.17, 15) is 5.11 Å². The molecule has 0 heterocycles. The number of aliphatic hydroxyl groups is 1. The van der Waals surface area contributed by atoms with Gasteiger partial charge in [-0.15, -0.1) is 12.4 Å². The molecule has 0 spiro atoms. The Bertz CT molecular complexity index is 426. The summed E-state index contributed by atoms with van der Waals surface area (Å²) in [7, 11) is 4.66. The van der Waals surface area contributed by atoms with E-state index in [0.717, 1.165) is 0 Å². The molecular formula is C14H24ClNO4. The van der Waals surface area contributed by atoms with E-state index in [0.29, 0.717) is 22.8 Å². The molecule has 0 amide bonds. The Kier molecular flexibility index (Phi) is 7.71. The van der Waals surface area contributed by atoms with E-state index in [4.69, 9.17) is 19.9 Å². The van der Waals surface area contributed by atoms with Crippen LogP contribution in [0.2, 0.25) is 0 Å². The maximum Gasteiger partial charge on any atom is 0.164 e. The van der Waals surface area contributed by atoms with E-state index in [1.165, 1.54) is 0 Å². The second-order valence-corrected chi connectivity index (χ2v) is 4.71. The number of aliphatic hydroxyl groups excluding tert-OH is 1. The highest BCUT2D eigenvalue weighted by atomic mass is 35.5. The maximum atomic E-state index is 10.1. The average Bonchev–Trinajstić information content (AvgIpc) is 2.43. The van der Waals surface area contributed by atoms with Crippen molar-refractivity contribution in [1.29, 1.82) is 0 Å². The molecule has 1 rings (SSSR count). The standard InChI is InChI=1S/C14H23NO4.ClH/c1-8(2)14(16)13(15)9-6-11(18-4)12(19-5)7-10(9)17-3;/h6-8,13-14,16H,15H2,1-5H3;1H/t13-,14+;/m0./s1. The lowest BCUT2D eigenvalue weighted by molar-refractivity contribution is 0.0968. The van der Waals surface area contributed by atoms with Crippen LogP contribution < -0.4 is 19.9 Å². The zero-order valence-corrected chi connectivity index (χ0v) is 13.4. The van der Waals surface area contributed by atoms with Crippen LogP contribution in [0.25, 0.3) is 0 Å². The lowest BCUT2D eigenvalue weighted by Crippen LogP contribution is -2.30. The Morgan fingerprint density at radius 3 is 1.80 bits per heavy atom. The maximum absolute atomic E-state index is 10.1. The van der Waals surface area contributed by atoms with Gasteiger partial charge in [0.2, 0.25) is 0 Å². The van der Waals surface area contributed by atoms with E-state index in [2.05, 4.69) is 0 Å². The van der Waals surface area contributed by atoms with Crippen molar-refractivity contribution >= 4 is 12.4 Å². The van der Waals surface area contributed by atoms with Crippen LogP contribution in [0.4, 0.5) is 0 Å². The highest BCUT2D eigenvalue weighted by Gasteiger charge is 2.25. The summed E-state index contributed by atoms with van der Waals surface area (Å²) < 4.78 is 15.8. The predicted octanol–water partition coefficient (Wildman–Crippen LogP) is 2.15. The number of hydrogen-bond acceptors (Lipinski definition) is 5. The monoisotopic (exact) mass is 305 g/mol. The summed E-state index contributed by atoms with van der Waals surface area (Å²) in [5.74, 6) is 1.75. The normalized spacial score (nSPS) is 13.4. The molecule has 1 aromatic rings. The minimum absolute atomic E-state index is 0. The molecule has 0 aromatic heterocycles. The van der Waals surface area contributed by atoms with Crippen molar-refractivity contribution in [2.75, 3.05) is 21.3 Å². The third-order valence-electron chi connectivity index (χ3n) is 3.15. The van der Waals surface area contributed by atoms with Gasteiger partial charge in [-0.05, 0) is 12.0 Å². The molecule has 0 aliphatic heterocycles. The molecule has 0 unspecified atom stereocenters. The second-order valence-electron chi connectivity index (χ2n) is 4.71. The van der Waals surface area contributed by atoms with Crippen molar-refractivity contribution in [3.05, 3.63) is 17.7 Å². The summed E-state index contributed by atoms with van der Waals surface area (Å²) in [6, 6.07) is 2.91. The number of methoxy groups -OCH3 is 3. The van der Waals surface area contributed by atoms with E-state index < -0.39 is 12.1 Å². The van der Waals surface area contributed by atoms with E-state index >= 15 is 0 Å². The molecule has 0 radical (unpaired) electrons. The molecule has 2 atom stereocenters. The largest absolute Gasteiger partial charge is 0.496 e. The van der Waals surface area contributed by atoms with Crippen molar-refractivity contribution in [1.82, 2.24) is 0 Å². The highest BCUT2D eigenvalue weighted by Crippen LogP contribution is 2.38. The lowest BCUT2D eigenvalue weighted by atomic mass is 9.93. The van der Waals surface area contributed by atoms with Gasteiger partial charge >= 0.3 is 0 Å². The van der Waals surface area contributed by atoms with Gasteiger partial charge in [0.05, 0.1) is 33.5 Å². The SMILES string of the molecule is COc1cc(OC)c([C@H](N)[C@H](O)C(C)C)cc1OC.Cl. The second kappa shape index (κ2) is 8.19. The van der Waals surface area contributed by atoms with Gasteiger partial charge in [0.25, 0.3) is 0 Å². The first kappa shape index (κ1) is 18.8. The summed E-state index contributed by atoms with van der Waals surface area (Å²) in [5, 5.41) is 10.1. The van der Waals surface area contributed by atoms with Crippen molar-refractivity contribution in [2.45, 2.75) is 26.0 Å². The van der Waals surface area contributed by atoms with Crippen LogP contribution in [0.3, 0.4) is 0 Å². The smallest absolute Gasteiger partial charge is 0.164 e. The van der Waals surface area contributed by atoms with Gasteiger partial charge in [0, 0.05) is 11.6 Å². The van der Waals surface area contributed by atoms with Gasteiger partial charge in [-0.2, -0.15) is 0 Å². The molecular weight excluding hydrogens is 282 g/mol. The zero-order chi connectivity index (χ0) is 14.6. The number of benzene rings is 1. The fourth-order valence-corrected chi connectivity index (χ4v) is 1.91. The highest BCUT2D eigenvalue weighted by molar-refractivity contribution is 5.85. The van der Waals surface area contributed by atoms with Crippen molar-refractivity contribution in [2.24, 2.45) is 11.7 Å². The number of ether oxygens (including phenoxy) is 3. The van der Waals surface area contributed by atoms with E-state index in [1.807, 2.05) is 13.8 Å². The van der Waals surface area contributed by atoms with E-state index in [1.54, 1.807) is 33.5 Å². The fraction of sp³-hybridized carbons (Fsp3) is 0.571. The van der Waals surface area contributed by atoms with Crippen LogP contribution in [0.5, 0.6) is 17.2 Å². The molecule has 20 heavy (non-hydrogen) atoms. The molecule has 6 heteroatoms. The predicted molar refractivity (Wildman–Crippen MR) is 81.1 cm³/mol. The number of hydrogen-bond donors (Lipinski definition) is 2. The summed E-state index contributed by atoms with van der Waals surface area (Å²) in [4.78, 5) is 0. The average molecular weight is 306 g/mol. The topological polar surface area (TPSA) is 73.9 Å². The van der Waals surface area contributed by atoms with Crippen LogP contribution in [-0.2, 0) is 0 Å². The van der Waals surface area contributed by atoms with Gasteiger partial charge in [-0.25, -0.2) is 0 Å². The summed E-state index contributed by atoms with van der Waals surface area (Å²) in [6.45, 7) is 3.83. The third kappa shape index (κ3) is 3.91. The molecule has 0 aliphatic rings. The molecule has 1 aromatic carbocycles. The minimum Gasteiger partial charge on any atom is -0.496 e. The van der Waals surface area contributed by atoms with Gasteiger partial charge in [-0.3, -0.25) is 0 Å². The Labute approximate surface area is 126 Å². The Morgan fingerprint density at radius 1 is 0.950 bits per heavy atom. The molecule has 0 saturated heterocycles. The van der Waals surface area contributed by atoms with Gasteiger partial charge in [-0.1, -0.05) is 13.8 Å². The van der Waals surface area contributed by atoms with Crippen LogP contribution in [0, 0.1) is 5.92 Å². The first-order chi connectivity index (χ1) is 8.96. The minimum atomic E-state index is -0.660. The molecule has 5 nitrogen and oxygen atoms in total. The van der Waals surface area contributed by atoms with Crippen LogP contribution in [-0.4, -0.2) is 32.5 Å². The first-order valence-corrected chi connectivity index (χ1v) is 6.19. The van der Waals surface area contributed by atoms with Crippen LogP contribution >= 0.6 is 12.4 Å². The number of rotatable bonds is 6. The Hall–Kier alpha value is -1.17. The Morgan fingerprint density at radius 2 is 1.40 bits per heavy atom. The van der Waals surface area contributed by atoms with Crippen molar-refractivity contribution in [3.63, 3.8) is 0 Å². The summed E-state index contributed by atoms with van der Waals surface area (Å²) >= 11 is 0. The van der Waals surface area contributed by atoms with Crippen LogP contribution in [0.1, 0.15) is 25.5 Å². The van der Waals surface area contributed by atoms with Gasteiger partial charge in [0.15, 0.2) is 11.5 Å². The molecule has 0 aliphatic carbocycles. The Balaban J connectivity index is 0.00000361. The number of halogens is 1. The third-order valence-corrected chi connectivity index (χ3v) is 3.15. The van der Waals surface area contributed by atoms with Crippen molar-refractivity contribution in [3.8, 4) is 17.2 Å². The zero-order valence-electron chi connectivity index (χ0n) is 12.5. The molecule has 3 N–H and O–H groups in total. The van der Waals surface area contributed by atoms with Gasteiger partial charge < -0.3 is 25.1 Å². The lowest BCUT2D eigenvalue weighted by Gasteiger charge is -2.25. The molecule has 116 valence electrons. The van der Waals surface area contributed by atoms with Gasteiger partial charge in [0.1, 0.15) is 5.75 Å². The fourth-order valence-electron chi connectivity index (χ4n) is 1.91. The summed E-state index contributed by atoms with van der Waals surface area (Å²) in [5.41, 5.74) is 6.80. The number of nitrogens with two attached hydrogens (primary N) is 1.